The molecule has 1 aromatic heterocycles. The molecule has 0 radical (unpaired) electrons. The molecule has 1 saturated carbocycles. The van der Waals surface area contributed by atoms with E-state index in [2.05, 4.69) is 17.2 Å². The van der Waals surface area contributed by atoms with Crippen LogP contribution in [0.2, 0.25) is 0 Å². The predicted molar refractivity (Wildman–Crippen MR) is 74.5 cm³/mol. The lowest BCUT2D eigenvalue weighted by Gasteiger charge is -2.33. The van der Waals surface area contributed by atoms with Crippen molar-refractivity contribution < 1.29 is 9.90 Å². The molecule has 1 fully saturated rings. The number of aromatic nitrogens is 1. The van der Waals surface area contributed by atoms with Gasteiger partial charge in [0.2, 0.25) is 0 Å². The second kappa shape index (κ2) is 4.53. The van der Waals surface area contributed by atoms with Crippen molar-refractivity contribution in [2.45, 2.75) is 25.8 Å². The van der Waals surface area contributed by atoms with E-state index in [4.69, 9.17) is 5.11 Å². The second-order valence-electron chi connectivity index (χ2n) is 5.29. The molecule has 0 aliphatic heterocycles. The number of anilines is 1. The summed E-state index contributed by atoms with van der Waals surface area (Å²) in [6.45, 7) is 2.24. The highest BCUT2D eigenvalue weighted by atomic mass is 16.4. The Balaban J connectivity index is 1.91. The average molecular weight is 256 g/mol. The summed E-state index contributed by atoms with van der Waals surface area (Å²) in [4.78, 5) is 15.6. The fourth-order valence-electron chi connectivity index (χ4n) is 2.65. The molecule has 0 amide bonds. The molecule has 1 aliphatic carbocycles. The highest BCUT2D eigenvalue weighted by molar-refractivity contribution is 6.02. The largest absolute Gasteiger partial charge is 0.478 e. The van der Waals surface area contributed by atoms with Gasteiger partial charge < -0.3 is 10.4 Å². The Morgan fingerprint density at radius 1 is 1.32 bits per heavy atom. The maximum Gasteiger partial charge on any atom is 0.336 e. The third kappa shape index (κ3) is 2.26. The van der Waals surface area contributed by atoms with E-state index in [1.807, 2.05) is 18.2 Å². The molecule has 1 aliphatic rings. The molecule has 2 N–H and O–H groups in total. The van der Waals surface area contributed by atoms with Crippen molar-refractivity contribution in [2.24, 2.45) is 5.92 Å². The smallest absolute Gasteiger partial charge is 0.336 e. The van der Waals surface area contributed by atoms with Gasteiger partial charge in [0.1, 0.15) is 5.82 Å². The van der Waals surface area contributed by atoms with Gasteiger partial charge in [0.25, 0.3) is 0 Å². The minimum absolute atomic E-state index is 0.300. The van der Waals surface area contributed by atoms with Gasteiger partial charge in [-0.25, -0.2) is 9.78 Å². The molecule has 0 unspecified atom stereocenters. The third-order valence-corrected chi connectivity index (χ3v) is 3.69. The summed E-state index contributed by atoms with van der Waals surface area (Å²) in [6.07, 6.45) is 2.35. The maximum absolute atomic E-state index is 11.1. The van der Waals surface area contributed by atoms with Crippen molar-refractivity contribution in [1.29, 1.82) is 0 Å². The quantitative estimate of drug-likeness (QED) is 0.885. The lowest BCUT2D eigenvalue weighted by molar-refractivity contribution is 0.0699. The number of benzene rings is 1. The number of aromatic carboxylic acids is 1. The van der Waals surface area contributed by atoms with Gasteiger partial charge in [0, 0.05) is 11.4 Å². The van der Waals surface area contributed by atoms with Crippen molar-refractivity contribution in [2.75, 3.05) is 5.32 Å². The van der Waals surface area contributed by atoms with Gasteiger partial charge in [-0.1, -0.05) is 13.0 Å². The molecule has 2 aromatic rings. The zero-order valence-electron chi connectivity index (χ0n) is 10.8. The first-order chi connectivity index (χ1) is 9.13. The Morgan fingerprint density at radius 3 is 2.79 bits per heavy atom. The number of carboxylic acid groups (broad SMARTS) is 1. The molecule has 0 spiro atoms. The summed E-state index contributed by atoms with van der Waals surface area (Å²) in [5.74, 6) is 0.699. The van der Waals surface area contributed by atoms with Crippen LogP contribution in [-0.4, -0.2) is 22.1 Å². The molecule has 1 aromatic carbocycles. The number of nitrogens with one attached hydrogen (secondary N) is 1. The molecule has 19 heavy (non-hydrogen) atoms. The van der Waals surface area contributed by atoms with Crippen LogP contribution in [0.15, 0.2) is 30.3 Å². The van der Waals surface area contributed by atoms with Crippen molar-refractivity contribution in [3.8, 4) is 0 Å². The van der Waals surface area contributed by atoms with Crippen LogP contribution in [0, 0.1) is 5.92 Å². The third-order valence-electron chi connectivity index (χ3n) is 3.69. The van der Waals surface area contributed by atoms with Crippen LogP contribution in [0.5, 0.6) is 0 Å². The van der Waals surface area contributed by atoms with Crippen LogP contribution >= 0.6 is 0 Å². The fourth-order valence-corrected chi connectivity index (χ4v) is 2.65. The SMILES string of the molecule is CC1CC(Nc2ccc3c(C(=O)O)cccc3n2)C1. The molecule has 4 nitrogen and oxygen atoms in total. The molecule has 4 heteroatoms. The Hall–Kier alpha value is -2.10. The normalized spacial score (nSPS) is 21.9. The monoisotopic (exact) mass is 256 g/mol. The number of nitrogens with zero attached hydrogens (tertiary/aromatic N) is 1. The summed E-state index contributed by atoms with van der Waals surface area (Å²) >= 11 is 0. The Morgan fingerprint density at radius 2 is 2.11 bits per heavy atom. The molecule has 0 saturated heterocycles. The summed E-state index contributed by atoms with van der Waals surface area (Å²) in [5, 5.41) is 13.2. The maximum atomic E-state index is 11.1. The number of fused-ring (bicyclic) bond motifs is 1. The standard InChI is InChI=1S/C15H16N2O2/c1-9-7-10(8-9)16-14-6-5-11-12(15(18)19)3-2-4-13(11)17-14/h2-6,9-10H,7-8H2,1H3,(H,16,17)(H,18,19). The van der Waals surface area contributed by atoms with Gasteiger partial charge in [-0.05, 0) is 43.0 Å². The summed E-state index contributed by atoms with van der Waals surface area (Å²) in [6, 6.07) is 9.37. The highest BCUT2D eigenvalue weighted by Crippen LogP contribution is 2.29. The van der Waals surface area contributed by atoms with Gasteiger partial charge >= 0.3 is 5.97 Å². The Bertz CT molecular complexity index is 633. The van der Waals surface area contributed by atoms with E-state index < -0.39 is 5.97 Å². The van der Waals surface area contributed by atoms with Crippen LogP contribution in [0.3, 0.4) is 0 Å². The van der Waals surface area contributed by atoms with E-state index in [1.54, 1.807) is 12.1 Å². The van der Waals surface area contributed by atoms with Crippen LogP contribution in [0.4, 0.5) is 5.82 Å². The molecule has 3 rings (SSSR count). The number of rotatable bonds is 3. The highest BCUT2D eigenvalue weighted by Gasteiger charge is 2.25. The second-order valence-corrected chi connectivity index (χ2v) is 5.29. The number of hydrogen-bond donors (Lipinski definition) is 2. The first kappa shape index (κ1) is 12.0. The first-order valence-corrected chi connectivity index (χ1v) is 6.53. The minimum atomic E-state index is -0.916. The van der Waals surface area contributed by atoms with E-state index >= 15 is 0 Å². The van der Waals surface area contributed by atoms with E-state index in [0.717, 1.165) is 17.3 Å². The Labute approximate surface area is 111 Å². The number of hydrogen-bond acceptors (Lipinski definition) is 3. The average Bonchev–Trinajstić information content (AvgIpc) is 2.36. The zero-order chi connectivity index (χ0) is 13.4. The van der Waals surface area contributed by atoms with Crippen molar-refractivity contribution in [3.63, 3.8) is 0 Å². The van der Waals surface area contributed by atoms with Crippen LogP contribution in [-0.2, 0) is 0 Å². The Kier molecular flexibility index (Phi) is 2.85. The van der Waals surface area contributed by atoms with Crippen molar-refractivity contribution >= 4 is 22.7 Å². The van der Waals surface area contributed by atoms with Crippen LogP contribution in [0.1, 0.15) is 30.1 Å². The van der Waals surface area contributed by atoms with E-state index in [9.17, 15) is 4.79 Å². The van der Waals surface area contributed by atoms with E-state index in [0.29, 0.717) is 17.0 Å². The first-order valence-electron chi connectivity index (χ1n) is 6.53. The van der Waals surface area contributed by atoms with Gasteiger partial charge in [-0.15, -0.1) is 0 Å². The molecule has 98 valence electrons. The molecule has 0 bridgehead atoms. The lowest BCUT2D eigenvalue weighted by Crippen LogP contribution is -2.34. The van der Waals surface area contributed by atoms with Crippen molar-refractivity contribution in [1.82, 2.24) is 4.98 Å². The molecular formula is C15H16N2O2. The van der Waals surface area contributed by atoms with Crippen molar-refractivity contribution in [3.05, 3.63) is 35.9 Å². The summed E-state index contributed by atoms with van der Waals surface area (Å²) in [7, 11) is 0. The van der Waals surface area contributed by atoms with E-state index in [-0.39, 0.29) is 0 Å². The van der Waals surface area contributed by atoms with Gasteiger partial charge in [-0.3, -0.25) is 0 Å². The molecule has 1 heterocycles. The minimum Gasteiger partial charge on any atom is -0.478 e. The van der Waals surface area contributed by atoms with Gasteiger partial charge in [-0.2, -0.15) is 0 Å². The predicted octanol–water partition coefficient (Wildman–Crippen LogP) is 3.14. The lowest BCUT2D eigenvalue weighted by atomic mass is 9.82. The van der Waals surface area contributed by atoms with Crippen LogP contribution < -0.4 is 5.32 Å². The zero-order valence-corrected chi connectivity index (χ0v) is 10.8. The number of carbonyl (C=O) groups is 1. The molecular weight excluding hydrogens is 240 g/mol. The van der Waals surface area contributed by atoms with Crippen LogP contribution in [0.25, 0.3) is 10.9 Å². The van der Waals surface area contributed by atoms with Gasteiger partial charge in [0.15, 0.2) is 0 Å². The summed E-state index contributed by atoms with van der Waals surface area (Å²) in [5.41, 5.74) is 1.02. The van der Waals surface area contributed by atoms with E-state index in [1.165, 1.54) is 12.8 Å². The fraction of sp³-hybridized carbons (Fsp3) is 0.333. The number of carboxylic acids is 1. The summed E-state index contributed by atoms with van der Waals surface area (Å²) < 4.78 is 0. The number of pyridine rings is 1. The molecule has 0 atom stereocenters. The topological polar surface area (TPSA) is 62.2 Å². The van der Waals surface area contributed by atoms with Gasteiger partial charge in [0.05, 0.1) is 11.1 Å².